The Kier molecular flexibility index (Phi) is 10.8. The Hall–Kier alpha value is -2.32. The van der Waals surface area contributed by atoms with E-state index in [0.29, 0.717) is 39.3 Å². The third-order valence-electron chi connectivity index (χ3n) is 5.07. The van der Waals surface area contributed by atoms with E-state index in [9.17, 15) is 9.59 Å². The fourth-order valence-corrected chi connectivity index (χ4v) is 3.29. The maximum absolute atomic E-state index is 12.1. The van der Waals surface area contributed by atoms with Gasteiger partial charge in [-0.2, -0.15) is 0 Å². The summed E-state index contributed by atoms with van der Waals surface area (Å²) in [5, 5.41) is 0. The highest BCUT2D eigenvalue weighted by Crippen LogP contribution is 2.14. The predicted molar refractivity (Wildman–Crippen MR) is 122 cm³/mol. The minimum Gasteiger partial charge on any atom is -0.491 e. The zero-order chi connectivity index (χ0) is 23.4. The number of esters is 1. The summed E-state index contributed by atoms with van der Waals surface area (Å²) in [4.78, 5) is 27.3. The summed E-state index contributed by atoms with van der Waals surface area (Å²) in [6.45, 7) is 11.1. The highest BCUT2D eigenvalue weighted by Gasteiger charge is 2.25. The van der Waals surface area contributed by atoms with Crippen LogP contribution in [0, 0.1) is 0 Å². The molecule has 0 aliphatic carbocycles. The van der Waals surface area contributed by atoms with Crippen molar-refractivity contribution >= 4 is 12.1 Å². The van der Waals surface area contributed by atoms with Gasteiger partial charge in [-0.25, -0.2) is 4.79 Å². The SMILES string of the molecule is COC(=O)CCCc1ccc(OCCOCCN2CCN(C(=O)OC(C)(C)C)CC2)cc1. The highest BCUT2D eigenvalue weighted by atomic mass is 16.6. The van der Waals surface area contributed by atoms with E-state index in [0.717, 1.165) is 38.2 Å². The average molecular weight is 451 g/mol. The van der Waals surface area contributed by atoms with Crippen molar-refractivity contribution in [2.75, 3.05) is 59.7 Å². The van der Waals surface area contributed by atoms with Crippen LogP contribution < -0.4 is 4.74 Å². The molecule has 1 amide bonds. The topological polar surface area (TPSA) is 77.5 Å². The second kappa shape index (κ2) is 13.3. The average Bonchev–Trinajstić information content (AvgIpc) is 2.76. The van der Waals surface area contributed by atoms with Crippen LogP contribution in [0.4, 0.5) is 4.79 Å². The van der Waals surface area contributed by atoms with E-state index in [1.54, 1.807) is 4.90 Å². The van der Waals surface area contributed by atoms with Crippen molar-refractivity contribution in [2.45, 2.75) is 45.6 Å². The Balaban J connectivity index is 1.51. The van der Waals surface area contributed by atoms with Crippen molar-refractivity contribution < 1.29 is 28.5 Å². The van der Waals surface area contributed by atoms with Crippen molar-refractivity contribution in [1.29, 1.82) is 0 Å². The summed E-state index contributed by atoms with van der Waals surface area (Å²) in [6.07, 6.45) is 1.81. The molecule has 0 spiro atoms. The summed E-state index contributed by atoms with van der Waals surface area (Å²) in [6, 6.07) is 7.92. The Morgan fingerprint density at radius 3 is 2.28 bits per heavy atom. The van der Waals surface area contributed by atoms with Crippen LogP contribution in [-0.2, 0) is 25.4 Å². The lowest BCUT2D eigenvalue weighted by molar-refractivity contribution is -0.140. The Morgan fingerprint density at radius 1 is 0.969 bits per heavy atom. The first kappa shape index (κ1) is 25.9. The first-order valence-electron chi connectivity index (χ1n) is 11.3. The highest BCUT2D eigenvalue weighted by molar-refractivity contribution is 5.69. The Bertz CT molecular complexity index is 693. The van der Waals surface area contributed by atoms with E-state index in [1.165, 1.54) is 12.7 Å². The van der Waals surface area contributed by atoms with Gasteiger partial charge in [-0.15, -0.1) is 0 Å². The van der Waals surface area contributed by atoms with E-state index in [4.69, 9.17) is 14.2 Å². The van der Waals surface area contributed by atoms with Gasteiger partial charge in [0, 0.05) is 39.1 Å². The summed E-state index contributed by atoms with van der Waals surface area (Å²) < 4.78 is 21.5. The maximum Gasteiger partial charge on any atom is 0.410 e. The van der Waals surface area contributed by atoms with Crippen LogP contribution in [0.3, 0.4) is 0 Å². The summed E-state index contributed by atoms with van der Waals surface area (Å²) >= 11 is 0. The molecule has 32 heavy (non-hydrogen) atoms. The molecule has 0 N–H and O–H groups in total. The summed E-state index contributed by atoms with van der Waals surface area (Å²) in [5.74, 6) is 0.636. The number of carbonyl (C=O) groups is 2. The molecule has 0 bridgehead atoms. The van der Waals surface area contributed by atoms with Crippen molar-refractivity contribution in [3.8, 4) is 5.75 Å². The minimum atomic E-state index is -0.460. The third kappa shape index (κ3) is 10.3. The van der Waals surface area contributed by atoms with E-state index in [-0.39, 0.29) is 12.1 Å². The van der Waals surface area contributed by atoms with Gasteiger partial charge in [0.05, 0.1) is 20.3 Å². The summed E-state index contributed by atoms with van der Waals surface area (Å²) in [7, 11) is 1.41. The fourth-order valence-electron chi connectivity index (χ4n) is 3.29. The molecular formula is C24H38N2O6. The van der Waals surface area contributed by atoms with Gasteiger partial charge in [0.25, 0.3) is 0 Å². The second-order valence-electron chi connectivity index (χ2n) is 8.84. The number of piperazine rings is 1. The lowest BCUT2D eigenvalue weighted by Crippen LogP contribution is -2.50. The van der Waals surface area contributed by atoms with E-state index < -0.39 is 5.60 Å². The largest absolute Gasteiger partial charge is 0.491 e. The second-order valence-corrected chi connectivity index (χ2v) is 8.84. The number of aryl methyl sites for hydroxylation is 1. The molecule has 0 saturated carbocycles. The van der Waals surface area contributed by atoms with Crippen LogP contribution in [0.1, 0.15) is 39.2 Å². The number of hydrogen-bond donors (Lipinski definition) is 0. The quantitative estimate of drug-likeness (QED) is 0.379. The predicted octanol–water partition coefficient (Wildman–Crippen LogP) is 3.13. The van der Waals surface area contributed by atoms with Gasteiger partial charge in [-0.3, -0.25) is 9.69 Å². The Morgan fingerprint density at radius 2 is 1.66 bits per heavy atom. The fraction of sp³-hybridized carbons (Fsp3) is 0.667. The van der Waals surface area contributed by atoms with Crippen molar-refractivity contribution in [3.05, 3.63) is 29.8 Å². The Labute approximate surface area is 191 Å². The molecule has 1 aliphatic heterocycles. The number of amides is 1. The standard InChI is InChI=1S/C24H38N2O6/c1-24(2,3)32-23(28)26-14-12-25(13-15-26)16-17-30-18-19-31-21-10-8-20(9-11-21)6-5-7-22(27)29-4/h8-11H,5-7,12-19H2,1-4H3. The van der Waals surface area contributed by atoms with Gasteiger partial charge in [-0.1, -0.05) is 12.1 Å². The molecule has 1 heterocycles. The molecule has 2 rings (SSSR count). The molecule has 1 fully saturated rings. The van der Waals surface area contributed by atoms with Crippen LogP contribution >= 0.6 is 0 Å². The molecule has 8 nitrogen and oxygen atoms in total. The number of hydrogen-bond acceptors (Lipinski definition) is 7. The lowest BCUT2D eigenvalue weighted by Gasteiger charge is -2.35. The number of benzene rings is 1. The van der Waals surface area contributed by atoms with Crippen LogP contribution in [0.2, 0.25) is 0 Å². The molecule has 0 radical (unpaired) electrons. The van der Waals surface area contributed by atoms with Gasteiger partial charge in [0.1, 0.15) is 18.0 Å². The van der Waals surface area contributed by atoms with Crippen molar-refractivity contribution in [2.24, 2.45) is 0 Å². The number of nitrogens with zero attached hydrogens (tertiary/aromatic N) is 2. The molecule has 1 aromatic rings. The van der Waals surface area contributed by atoms with E-state index in [2.05, 4.69) is 9.64 Å². The monoisotopic (exact) mass is 450 g/mol. The maximum atomic E-state index is 12.1. The first-order valence-corrected chi connectivity index (χ1v) is 11.3. The number of carbonyl (C=O) groups excluding carboxylic acids is 2. The van der Waals surface area contributed by atoms with Crippen LogP contribution in [0.25, 0.3) is 0 Å². The molecule has 1 aromatic carbocycles. The zero-order valence-electron chi connectivity index (χ0n) is 19.9. The lowest BCUT2D eigenvalue weighted by atomic mass is 10.1. The van der Waals surface area contributed by atoms with E-state index >= 15 is 0 Å². The van der Waals surface area contributed by atoms with Gasteiger partial charge >= 0.3 is 12.1 Å². The zero-order valence-corrected chi connectivity index (χ0v) is 19.9. The molecule has 0 unspecified atom stereocenters. The molecular weight excluding hydrogens is 412 g/mol. The normalized spacial score (nSPS) is 14.8. The molecule has 0 aromatic heterocycles. The van der Waals surface area contributed by atoms with Crippen LogP contribution in [0.5, 0.6) is 5.75 Å². The van der Waals surface area contributed by atoms with Gasteiger partial charge in [0.15, 0.2) is 0 Å². The first-order chi connectivity index (χ1) is 15.3. The third-order valence-corrected chi connectivity index (χ3v) is 5.07. The molecule has 0 atom stereocenters. The van der Waals surface area contributed by atoms with Gasteiger partial charge in [0.2, 0.25) is 0 Å². The smallest absolute Gasteiger partial charge is 0.410 e. The van der Waals surface area contributed by atoms with Crippen molar-refractivity contribution in [3.63, 3.8) is 0 Å². The van der Waals surface area contributed by atoms with Gasteiger partial charge in [-0.05, 0) is 51.3 Å². The number of ether oxygens (including phenoxy) is 4. The molecule has 1 aliphatic rings. The van der Waals surface area contributed by atoms with Crippen LogP contribution in [-0.4, -0.2) is 87.1 Å². The van der Waals surface area contributed by atoms with Crippen molar-refractivity contribution in [1.82, 2.24) is 9.80 Å². The van der Waals surface area contributed by atoms with Crippen LogP contribution in [0.15, 0.2) is 24.3 Å². The van der Waals surface area contributed by atoms with E-state index in [1.807, 2.05) is 45.0 Å². The van der Waals surface area contributed by atoms with Gasteiger partial charge < -0.3 is 23.8 Å². The minimum absolute atomic E-state index is 0.173. The molecule has 180 valence electrons. The molecule has 1 saturated heterocycles. The number of rotatable bonds is 11. The number of methoxy groups -OCH3 is 1. The molecule has 8 heteroatoms. The summed E-state index contributed by atoms with van der Waals surface area (Å²) in [5.41, 5.74) is 0.710.